The predicted molar refractivity (Wildman–Crippen MR) is 238 cm³/mol. The van der Waals surface area contributed by atoms with E-state index in [-0.39, 0.29) is 0 Å². The number of hydrogen-bond acceptors (Lipinski definition) is 4. The first kappa shape index (κ1) is 32.4. The molecule has 0 saturated carbocycles. The molecule has 0 amide bonds. The molecule has 3 heterocycles. The number of aromatic nitrogens is 4. The van der Waals surface area contributed by atoms with Crippen LogP contribution in [0.2, 0.25) is 0 Å². The molecule has 12 rings (SSSR count). The summed E-state index contributed by atoms with van der Waals surface area (Å²) in [5.74, 6) is 1.82. The molecule has 0 radical (unpaired) electrons. The first-order valence-corrected chi connectivity index (χ1v) is 19.5. The maximum absolute atomic E-state index is 7.14. The molecule has 5 heteroatoms. The van der Waals surface area contributed by atoms with Crippen molar-refractivity contribution >= 4 is 65.3 Å². The smallest absolute Gasteiger partial charge is 0.164 e. The van der Waals surface area contributed by atoms with E-state index >= 15 is 0 Å². The Bertz CT molecular complexity index is 3400. The summed E-state index contributed by atoms with van der Waals surface area (Å²) in [7, 11) is 0. The van der Waals surface area contributed by atoms with Gasteiger partial charge in [0.1, 0.15) is 5.58 Å². The fourth-order valence-corrected chi connectivity index (χ4v) is 8.78. The number of furan rings is 1. The lowest BCUT2D eigenvalue weighted by Crippen LogP contribution is -2.00. The summed E-state index contributed by atoms with van der Waals surface area (Å²) in [5, 5.41) is 9.45. The molecule has 0 saturated heterocycles. The molecule has 5 nitrogen and oxygen atoms in total. The van der Waals surface area contributed by atoms with Gasteiger partial charge in [-0.2, -0.15) is 0 Å². The second-order valence-corrected chi connectivity index (χ2v) is 14.8. The quantitative estimate of drug-likeness (QED) is 0.176. The van der Waals surface area contributed by atoms with Gasteiger partial charge in [0.2, 0.25) is 0 Å². The summed E-state index contributed by atoms with van der Waals surface area (Å²) in [6, 6.07) is 67.9. The summed E-state index contributed by atoms with van der Waals surface area (Å²) in [6.07, 6.45) is 0. The molecule has 0 atom stereocenters. The Morgan fingerprint density at radius 3 is 1.43 bits per heavy atom. The first-order valence-electron chi connectivity index (χ1n) is 19.5. The van der Waals surface area contributed by atoms with Crippen LogP contribution in [0.3, 0.4) is 0 Å². The fourth-order valence-electron chi connectivity index (χ4n) is 8.78. The lowest BCUT2D eigenvalue weighted by Gasteiger charge is -2.12. The topological polar surface area (TPSA) is 56.7 Å². The monoisotopic (exact) mass is 740 g/mol. The zero-order valence-electron chi connectivity index (χ0n) is 31.2. The molecule has 12 aromatic rings. The zero-order valence-corrected chi connectivity index (χ0v) is 31.2. The van der Waals surface area contributed by atoms with Crippen LogP contribution in [0, 0.1) is 0 Å². The van der Waals surface area contributed by atoms with E-state index in [1.807, 2.05) is 60.7 Å². The molecule has 9 aromatic carbocycles. The fraction of sp³-hybridized carbons (Fsp3) is 0. The average Bonchev–Trinajstić information content (AvgIpc) is 3.86. The molecule has 0 N–H and O–H groups in total. The predicted octanol–water partition coefficient (Wildman–Crippen LogP) is 13.8. The third kappa shape index (κ3) is 5.00. The van der Waals surface area contributed by atoms with Crippen molar-refractivity contribution in [3.8, 4) is 51.0 Å². The van der Waals surface area contributed by atoms with Crippen LogP contribution in [-0.4, -0.2) is 19.5 Å². The minimum absolute atomic E-state index is 0.583. The Labute approximate surface area is 333 Å². The van der Waals surface area contributed by atoms with E-state index in [1.165, 1.54) is 32.3 Å². The maximum Gasteiger partial charge on any atom is 0.164 e. The highest BCUT2D eigenvalue weighted by molar-refractivity contribution is 6.29. The van der Waals surface area contributed by atoms with Gasteiger partial charge in [-0.3, -0.25) is 0 Å². The van der Waals surface area contributed by atoms with E-state index in [4.69, 9.17) is 19.4 Å². The van der Waals surface area contributed by atoms with Crippen LogP contribution in [0.15, 0.2) is 199 Å². The minimum atomic E-state index is 0.583. The van der Waals surface area contributed by atoms with Crippen LogP contribution in [0.25, 0.3) is 116 Å². The van der Waals surface area contributed by atoms with Gasteiger partial charge in [-0.05, 0) is 63.0 Å². The van der Waals surface area contributed by atoms with Crippen LogP contribution in [0.4, 0.5) is 0 Å². The van der Waals surface area contributed by atoms with Gasteiger partial charge in [-0.1, -0.05) is 164 Å². The molecular weight excluding hydrogens is 709 g/mol. The highest BCUT2D eigenvalue weighted by Gasteiger charge is 2.23. The van der Waals surface area contributed by atoms with Gasteiger partial charge in [-0.15, -0.1) is 0 Å². The average molecular weight is 741 g/mol. The van der Waals surface area contributed by atoms with Gasteiger partial charge < -0.3 is 8.98 Å². The number of nitrogens with zero attached hydrogens (tertiary/aromatic N) is 4. The van der Waals surface area contributed by atoms with Crippen molar-refractivity contribution in [2.45, 2.75) is 0 Å². The molecule has 0 bridgehead atoms. The molecule has 0 aliphatic carbocycles. The SMILES string of the molecule is c1ccc(-c2nc(-c3ccccc3)nc(-c3ccc4c(c3)oc3c(-n5c6ccc7ccccc7c6c6c7ccccc7ccc65)ccc(-c5ccccc5)c34)n2)cc1. The third-order valence-electron chi connectivity index (χ3n) is 11.4. The largest absolute Gasteiger partial charge is 0.454 e. The van der Waals surface area contributed by atoms with Crippen molar-refractivity contribution in [1.82, 2.24) is 19.5 Å². The second-order valence-electron chi connectivity index (χ2n) is 14.8. The van der Waals surface area contributed by atoms with Gasteiger partial charge in [-0.25, -0.2) is 15.0 Å². The minimum Gasteiger partial charge on any atom is -0.454 e. The van der Waals surface area contributed by atoms with Gasteiger partial charge in [0.25, 0.3) is 0 Å². The highest BCUT2D eigenvalue weighted by Crippen LogP contribution is 2.45. The Morgan fingerprint density at radius 1 is 0.362 bits per heavy atom. The number of hydrogen-bond donors (Lipinski definition) is 0. The Balaban J connectivity index is 1.15. The van der Waals surface area contributed by atoms with Crippen LogP contribution < -0.4 is 0 Å². The van der Waals surface area contributed by atoms with E-state index in [1.54, 1.807) is 0 Å². The van der Waals surface area contributed by atoms with Crippen molar-refractivity contribution in [2.75, 3.05) is 0 Å². The normalized spacial score (nSPS) is 11.8. The summed E-state index contributed by atoms with van der Waals surface area (Å²) >= 11 is 0. The summed E-state index contributed by atoms with van der Waals surface area (Å²) in [5.41, 5.74) is 9.77. The lowest BCUT2D eigenvalue weighted by atomic mass is 9.98. The van der Waals surface area contributed by atoms with E-state index in [2.05, 4.69) is 138 Å². The van der Waals surface area contributed by atoms with Crippen LogP contribution in [-0.2, 0) is 0 Å². The molecule has 0 unspecified atom stereocenters. The maximum atomic E-state index is 7.14. The molecule has 0 aliphatic rings. The van der Waals surface area contributed by atoms with Crippen LogP contribution >= 0.6 is 0 Å². The van der Waals surface area contributed by atoms with Crippen molar-refractivity contribution in [1.29, 1.82) is 0 Å². The zero-order chi connectivity index (χ0) is 38.2. The molecule has 3 aromatic heterocycles. The third-order valence-corrected chi connectivity index (χ3v) is 11.4. The van der Waals surface area contributed by atoms with Gasteiger partial charge in [0.05, 0.1) is 16.7 Å². The van der Waals surface area contributed by atoms with Crippen molar-refractivity contribution in [3.63, 3.8) is 0 Å². The van der Waals surface area contributed by atoms with Crippen LogP contribution in [0.1, 0.15) is 0 Å². The van der Waals surface area contributed by atoms with Crippen LogP contribution in [0.5, 0.6) is 0 Å². The molecule has 0 aliphatic heterocycles. The van der Waals surface area contributed by atoms with E-state index in [9.17, 15) is 0 Å². The number of benzene rings is 9. The first-order chi connectivity index (χ1) is 28.8. The lowest BCUT2D eigenvalue weighted by molar-refractivity contribution is 0.666. The van der Waals surface area contributed by atoms with E-state index in [0.717, 1.165) is 66.5 Å². The number of fused-ring (bicyclic) bond motifs is 10. The number of rotatable bonds is 5. The van der Waals surface area contributed by atoms with Gasteiger partial charge in [0, 0.05) is 38.2 Å². The molecular formula is C53H32N4O. The standard InChI is InChI=1S/C53H32N4O/c1-4-14-33(15-5-1)41-28-31-45(57-43-29-25-34-16-10-12-22-39(34)48(43)49-40-23-13-11-17-35(40)26-30-44(49)57)50-47(41)42-27-24-38(32-46(42)58-50)53-55-51(36-18-6-2-7-19-36)54-52(56-53)37-20-8-3-9-21-37/h1-32H. The summed E-state index contributed by atoms with van der Waals surface area (Å²) in [4.78, 5) is 15.0. The molecule has 0 spiro atoms. The van der Waals surface area contributed by atoms with Crippen molar-refractivity contribution < 1.29 is 4.42 Å². The molecule has 270 valence electrons. The Morgan fingerprint density at radius 2 is 0.862 bits per heavy atom. The Hall–Kier alpha value is -7.89. The summed E-state index contributed by atoms with van der Waals surface area (Å²) < 4.78 is 9.54. The van der Waals surface area contributed by atoms with E-state index in [0.29, 0.717) is 17.5 Å². The molecule has 58 heavy (non-hydrogen) atoms. The second kappa shape index (κ2) is 12.8. The van der Waals surface area contributed by atoms with Gasteiger partial charge in [0.15, 0.2) is 23.1 Å². The van der Waals surface area contributed by atoms with Gasteiger partial charge >= 0.3 is 0 Å². The van der Waals surface area contributed by atoms with E-state index < -0.39 is 0 Å². The Kier molecular flexibility index (Phi) is 7.16. The summed E-state index contributed by atoms with van der Waals surface area (Å²) in [6.45, 7) is 0. The van der Waals surface area contributed by atoms with Crippen molar-refractivity contribution in [3.05, 3.63) is 194 Å². The molecule has 0 fully saturated rings. The van der Waals surface area contributed by atoms with Crippen molar-refractivity contribution in [2.24, 2.45) is 0 Å². The highest BCUT2D eigenvalue weighted by atomic mass is 16.3.